The first-order valence-electron chi connectivity index (χ1n) is 12.2. The zero-order valence-corrected chi connectivity index (χ0v) is 20.9. The minimum absolute atomic E-state index is 0.0329. The highest BCUT2D eigenvalue weighted by Gasteiger charge is 2.35. The van der Waals surface area contributed by atoms with Gasteiger partial charge in [-0.2, -0.15) is 0 Å². The number of nitrogens with zero attached hydrogens (tertiary/aromatic N) is 2. The first kappa shape index (κ1) is 24.7. The van der Waals surface area contributed by atoms with Gasteiger partial charge >= 0.3 is 0 Å². The van der Waals surface area contributed by atoms with Gasteiger partial charge < -0.3 is 14.5 Å². The summed E-state index contributed by atoms with van der Waals surface area (Å²) in [5.41, 5.74) is 2.93. The minimum Gasteiger partial charge on any atom is -0.480 e. The van der Waals surface area contributed by atoms with Gasteiger partial charge in [0.1, 0.15) is 5.75 Å². The largest absolute Gasteiger partial charge is 0.480 e. The molecule has 2 atom stereocenters. The van der Waals surface area contributed by atoms with E-state index in [9.17, 15) is 13.2 Å². The lowest BCUT2D eigenvalue weighted by Gasteiger charge is -2.33. The number of hydrogen-bond donors (Lipinski definition) is 1. The van der Waals surface area contributed by atoms with E-state index in [-0.39, 0.29) is 24.2 Å². The lowest BCUT2D eigenvalue weighted by atomic mass is 10.0. The van der Waals surface area contributed by atoms with E-state index >= 15 is 0 Å². The highest BCUT2D eigenvalue weighted by molar-refractivity contribution is 7.89. The van der Waals surface area contributed by atoms with Crippen LogP contribution >= 0.6 is 0 Å². The van der Waals surface area contributed by atoms with Gasteiger partial charge in [0.05, 0.1) is 11.8 Å². The summed E-state index contributed by atoms with van der Waals surface area (Å²) in [5, 5.41) is 0. The van der Waals surface area contributed by atoms with Crippen molar-refractivity contribution in [3.05, 3.63) is 65.2 Å². The van der Waals surface area contributed by atoms with Crippen LogP contribution in [0.1, 0.15) is 48.9 Å². The molecule has 0 bridgehead atoms. The van der Waals surface area contributed by atoms with Crippen molar-refractivity contribution in [1.82, 2.24) is 14.5 Å². The molecule has 2 aliphatic rings. The fourth-order valence-electron chi connectivity index (χ4n) is 4.80. The smallest absolute Gasteiger partial charge is 0.264 e. The van der Waals surface area contributed by atoms with Crippen LogP contribution in [0, 0.1) is 0 Å². The standard InChI is InChI=1S/C26H35N3O4S/c1-3-15-34(31,32)27-18-20-11-12-24-22(16-20)17-25(33-24)26(30)28(2)23(19-29-13-7-8-14-29)21-9-5-4-6-10-21/h4-6,9-12,16,23,25,27H,3,7-8,13-15,17-19H2,1-2H3. The Morgan fingerprint density at radius 2 is 1.91 bits per heavy atom. The maximum atomic E-state index is 13.5. The topological polar surface area (TPSA) is 79.0 Å². The molecule has 1 fully saturated rings. The van der Waals surface area contributed by atoms with Crippen LogP contribution in [-0.2, 0) is 27.8 Å². The quantitative estimate of drug-likeness (QED) is 0.560. The van der Waals surface area contributed by atoms with Crippen molar-refractivity contribution < 1.29 is 17.9 Å². The van der Waals surface area contributed by atoms with Gasteiger partial charge in [-0.3, -0.25) is 4.79 Å². The Labute approximate surface area is 203 Å². The number of amides is 1. The van der Waals surface area contributed by atoms with E-state index in [4.69, 9.17) is 4.74 Å². The van der Waals surface area contributed by atoms with Crippen LogP contribution in [0.25, 0.3) is 0 Å². The number of rotatable bonds is 10. The second-order valence-electron chi connectivity index (χ2n) is 9.28. The third-order valence-corrected chi connectivity index (χ3v) is 8.20. The number of sulfonamides is 1. The van der Waals surface area contributed by atoms with E-state index in [0.717, 1.165) is 36.3 Å². The van der Waals surface area contributed by atoms with E-state index < -0.39 is 16.1 Å². The Balaban J connectivity index is 1.43. The van der Waals surface area contributed by atoms with Gasteiger partial charge in [-0.1, -0.05) is 49.4 Å². The molecule has 1 amide bonds. The second kappa shape index (κ2) is 10.9. The van der Waals surface area contributed by atoms with Gasteiger partial charge in [0.2, 0.25) is 10.0 Å². The molecule has 1 saturated heterocycles. The lowest BCUT2D eigenvalue weighted by molar-refractivity contribution is -0.139. The van der Waals surface area contributed by atoms with E-state index in [1.54, 1.807) is 0 Å². The van der Waals surface area contributed by atoms with Gasteiger partial charge in [0.15, 0.2) is 6.10 Å². The zero-order chi connectivity index (χ0) is 24.1. The molecule has 0 radical (unpaired) electrons. The Hall–Kier alpha value is -2.42. The van der Waals surface area contributed by atoms with Crippen molar-refractivity contribution in [2.24, 2.45) is 0 Å². The Morgan fingerprint density at radius 3 is 2.62 bits per heavy atom. The summed E-state index contributed by atoms with van der Waals surface area (Å²) in [6, 6.07) is 15.8. The first-order valence-corrected chi connectivity index (χ1v) is 13.8. The number of fused-ring (bicyclic) bond motifs is 1. The molecule has 0 saturated carbocycles. The maximum absolute atomic E-state index is 13.5. The van der Waals surface area contributed by atoms with E-state index in [0.29, 0.717) is 18.6 Å². The van der Waals surface area contributed by atoms with Crippen LogP contribution in [-0.4, -0.2) is 62.7 Å². The van der Waals surface area contributed by atoms with Gasteiger partial charge in [-0.05, 0) is 55.1 Å². The van der Waals surface area contributed by atoms with E-state index in [1.807, 2.05) is 55.3 Å². The molecule has 0 aliphatic carbocycles. The summed E-state index contributed by atoms with van der Waals surface area (Å²) >= 11 is 0. The van der Waals surface area contributed by atoms with Gasteiger partial charge in [0.25, 0.3) is 5.91 Å². The van der Waals surface area contributed by atoms with Crippen molar-refractivity contribution in [2.75, 3.05) is 32.4 Å². The summed E-state index contributed by atoms with van der Waals surface area (Å²) in [6.45, 7) is 5.03. The van der Waals surface area contributed by atoms with Crippen molar-refractivity contribution in [3.8, 4) is 5.75 Å². The third kappa shape index (κ3) is 5.98. The summed E-state index contributed by atoms with van der Waals surface area (Å²) in [5.74, 6) is 0.779. The summed E-state index contributed by atoms with van der Waals surface area (Å²) in [6.07, 6.45) is 2.90. The first-order chi connectivity index (χ1) is 16.4. The third-order valence-electron chi connectivity index (χ3n) is 6.67. The molecule has 2 unspecified atom stereocenters. The Kier molecular flexibility index (Phi) is 7.91. The molecule has 2 aromatic rings. The van der Waals surface area contributed by atoms with Crippen LogP contribution in [0.5, 0.6) is 5.75 Å². The molecular weight excluding hydrogens is 450 g/mol. The number of carbonyl (C=O) groups excluding carboxylic acids is 1. The number of likely N-dealkylation sites (N-methyl/N-ethyl adjacent to an activating group) is 1. The highest BCUT2D eigenvalue weighted by Crippen LogP contribution is 2.32. The molecule has 2 aromatic carbocycles. The fraction of sp³-hybridized carbons (Fsp3) is 0.500. The minimum atomic E-state index is -3.27. The molecule has 184 valence electrons. The van der Waals surface area contributed by atoms with Crippen LogP contribution in [0.2, 0.25) is 0 Å². The van der Waals surface area contributed by atoms with Crippen LogP contribution in [0.4, 0.5) is 0 Å². The van der Waals surface area contributed by atoms with Gasteiger partial charge in [0, 0.05) is 26.6 Å². The fourth-order valence-corrected chi connectivity index (χ4v) is 5.87. The van der Waals surface area contributed by atoms with Crippen LogP contribution in [0.3, 0.4) is 0 Å². The molecule has 8 heteroatoms. The molecule has 2 aliphatic heterocycles. The predicted octanol–water partition coefficient (Wildman–Crippen LogP) is 3.12. The molecule has 2 heterocycles. The Bertz CT molecular complexity index is 1080. The van der Waals surface area contributed by atoms with E-state index in [2.05, 4.69) is 21.8 Å². The summed E-state index contributed by atoms with van der Waals surface area (Å²) < 4.78 is 32.6. The normalized spacial score (nSPS) is 18.9. The average Bonchev–Trinajstić information content (AvgIpc) is 3.50. The number of likely N-dealkylation sites (tertiary alicyclic amines) is 1. The number of nitrogens with one attached hydrogen (secondary N) is 1. The van der Waals surface area contributed by atoms with Crippen molar-refractivity contribution >= 4 is 15.9 Å². The molecule has 34 heavy (non-hydrogen) atoms. The number of carbonyl (C=O) groups is 1. The van der Waals surface area contributed by atoms with Gasteiger partial charge in [-0.15, -0.1) is 0 Å². The molecule has 1 N–H and O–H groups in total. The monoisotopic (exact) mass is 485 g/mol. The molecule has 4 rings (SSSR count). The number of benzene rings is 2. The van der Waals surface area contributed by atoms with Crippen LogP contribution < -0.4 is 9.46 Å². The van der Waals surface area contributed by atoms with E-state index in [1.165, 1.54) is 12.8 Å². The molecular formula is C26H35N3O4S. The second-order valence-corrected chi connectivity index (χ2v) is 11.2. The number of hydrogen-bond acceptors (Lipinski definition) is 5. The summed E-state index contributed by atoms with van der Waals surface area (Å²) in [7, 11) is -1.40. The van der Waals surface area contributed by atoms with Crippen molar-refractivity contribution in [2.45, 2.75) is 51.3 Å². The average molecular weight is 486 g/mol. The van der Waals surface area contributed by atoms with Crippen molar-refractivity contribution in [1.29, 1.82) is 0 Å². The molecule has 0 aromatic heterocycles. The lowest BCUT2D eigenvalue weighted by Crippen LogP contribution is -2.44. The summed E-state index contributed by atoms with van der Waals surface area (Å²) in [4.78, 5) is 17.8. The SMILES string of the molecule is CCCS(=O)(=O)NCc1ccc2c(c1)CC(C(=O)N(C)C(CN1CCCC1)c1ccccc1)O2. The van der Waals surface area contributed by atoms with Crippen LogP contribution in [0.15, 0.2) is 48.5 Å². The molecule has 0 spiro atoms. The van der Waals surface area contributed by atoms with Crippen molar-refractivity contribution in [3.63, 3.8) is 0 Å². The predicted molar refractivity (Wildman–Crippen MR) is 133 cm³/mol. The highest BCUT2D eigenvalue weighted by atomic mass is 32.2. The number of ether oxygens (including phenoxy) is 1. The maximum Gasteiger partial charge on any atom is 0.264 e. The molecule has 7 nitrogen and oxygen atoms in total. The zero-order valence-electron chi connectivity index (χ0n) is 20.1. The van der Waals surface area contributed by atoms with Gasteiger partial charge in [-0.25, -0.2) is 13.1 Å². The Morgan fingerprint density at radius 1 is 1.18 bits per heavy atom.